The molecule has 0 unspecified atom stereocenters. The number of carboxylic acid groups (broad SMARTS) is 1. The van der Waals surface area contributed by atoms with Gasteiger partial charge >= 0.3 is 5.97 Å². The molecular weight excluding hydrogens is 255 g/mol. The summed E-state index contributed by atoms with van der Waals surface area (Å²) in [6, 6.07) is 4.32. The van der Waals surface area contributed by atoms with E-state index < -0.39 is 5.97 Å². The van der Waals surface area contributed by atoms with Crippen LogP contribution in [-0.2, 0) is 0 Å². The standard InChI is InChI=1S/C12H11FN2O2S/c1-6-3-4-8(13)5-9(6)14-11-10(12(16)17)7(2)15-18-11/h3-5,14H,1-2H3,(H,16,17). The minimum Gasteiger partial charge on any atom is -0.478 e. The van der Waals surface area contributed by atoms with Crippen molar-refractivity contribution in [2.45, 2.75) is 13.8 Å². The number of halogens is 1. The first-order valence-electron chi connectivity index (χ1n) is 5.22. The number of rotatable bonds is 3. The fourth-order valence-corrected chi connectivity index (χ4v) is 2.36. The highest BCUT2D eigenvalue weighted by molar-refractivity contribution is 7.10. The molecular formula is C12H11FN2O2S. The lowest BCUT2D eigenvalue weighted by molar-refractivity contribution is 0.0697. The second kappa shape index (κ2) is 4.73. The van der Waals surface area contributed by atoms with Gasteiger partial charge < -0.3 is 10.4 Å². The van der Waals surface area contributed by atoms with Gasteiger partial charge in [-0.25, -0.2) is 9.18 Å². The summed E-state index contributed by atoms with van der Waals surface area (Å²) in [7, 11) is 0. The van der Waals surface area contributed by atoms with Gasteiger partial charge in [-0.3, -0.25) is 0 Å². The van der Waals surface area contributed by atoms with Gasteiger partial charge in [-0.1, -0.05) is 6.07 Å². The highest BCUT2D eigenvalue weighted by Gasteiger charge is 2.18. The lowest BCUT2D eigenvalue weighted by Crippen LogP contribution is -2.02. The van der Waals surface area contributed by atoms with Crippen LogP contribution in [0, 0.1) is 19.7 Å². The average molecular weight is 266 g/mol. The summed E-state index contributed by atoms with van der Waals surface area (Å²) in [5.74, 6) is -1.42. The van der Waals surface area contributed by atoms with Gasteiger partial charge in [-0.15, -0.1) is 0 Å². The van der Waals surface area contributed by atoms with Crippen LogP contribution in [0.2, 0.25) is 0 Å². The molecule has 2 N–H and O–H groups in total. The van der Waals surface area contributed by atoms with Crippen molar-refractivity contribution in [2.24, 2.45) is 0 Å². The fourth-order valence-electron chi connectivity index (χ4n) is 1.56. The van der Waals surface area contributed by atoms with Crippen LogP contribution in [0.3, 0.4) is 0 Å². The van der Waals surface area contributed by atoms with Gasteiger partial charge in [0.2, 0.25) is 0 Å². The van der Waals surface area contributed by atoms with E-state index in [1.54, 1.807) is 13.0 Å². The van der Waals surface area contributed by atoms with E-state index in [0.717, 1.165) is 17.1 Å². The molecule has 94 valence electrons. The van der Waals surface area contributed by atoms with E-state index in [0.29, 0.717) is 16.4 Å². The van der Waals surface area contributed by atoms with Crippen molar-refractivity contribution in [3.63, 3.8) is 0 Å². The van der Waals surface area contributed by atoms with Crippen molar-refractivity contribution < 1.29 is 14.3 Å². The molecule has 6 heteroatoms. The number of anilines is 2. The maximum atomic E-state index is 13.1. The lowest BCUT2D eigenvalue weighted by Gasteiger charge is -2.08. The molecule has 0 aliphatic heterocycles. The van der Waals surface area contributed by atoms with E-state index in [9.17, 15) is 9.18 Å². The van der Waals surface area contributed by atoms with Crippen molar-refractivity contribution in [3.8, 4) is 0 Å². The van der Waals surface area contributed by atoms with Crippen LogP contribution in [0.1, 0.15) is 21.6 Å². The third kappa shape index (κ3) is 2.33. The van der Waals surface area contributed by atoms with E-state index in [-0.39, 0.29) is 11.4 Å². The largest absolute Gasteiger partial charge is 0.478 e. The Morgan fingerprint density at radius 3 is 2.83 bits per heavy atom. The molecule has 0 amide bonds. The van der Waals surface area contributed by atoms with E-state index in [4.69, 9.17) is 5.11 Å². The third-order valence-electron chi connectivity index (χ3n) is 2.52. The van der Waals surface area contributed by atoms with E-state index in [1.165, 1.54) is 12.1 Å². The molecule has 0 fully saturated rings. The van der Waals surface area contributed by atoms with Crippen molar-refractivity contribution in [1.82, 2.24) is 4.37 Å². The van der Waals surface area contributed by atoms with Gasteiger partial charge in [-0.2, -0.15) is 4.37 Å². The van der Waals surface area contributed by atoms with Crippen molar-refractivity contribution in [3.05, 3.63) is 40.8 Å². The Hall–Kier alpha value is -1.95. The molecule has 0 radical (unpaired) electrons. The molecule has 4 nitrogen and oxygen atoms in total. The molecule has 0 atom stereocenters. The molecule has 1 aromatic carbocycles. The number of carbonyl (C=O) groups is 1. The van der Waals surface area contributed by atoms with Crippen LogP contribution in [0.5, 0.6) is 0 Å². The molecule has 2 aromatic rings. The minimum atomic E-state index is -1.04. The summed E-state index contributed by atoms with van der Waals surface area (Å²) < 4.78 is 17.1. The van der Waals surface area contributed by atoms with Gasteiger partial charge in [0.05, 0.1) is 5.69 Å². The Balaban J connectivity index is 2.40. The molecule has 0 saturated carbocycles. The summed E-state index contributed by atoms with van der Waals surface area (Å²) in [6.07, 6.45) is 0. The number of nitrogens with one attached hydrogen (secondary N) is 1. The van der Waals surface area contributed by atoms with Crippen LogP contribution < -0.4 is 5.32 Å². The predicted octanol–water partition coefficient (Wildman–Crippen LogP) is 3.34. The second-order valence-electron chi connectivity index (χ2n) is 3.86. The van der Waals surface area contributed by atoms with Gasteiger partial charge in [0.25, 0.3) is 0 Å². The Morgan fingerprint density at radius 1 is 1.44 bits per heavy atom. The third-order valence-corrected chi connectivity index (χ3v) is 3.38. The van der Waals surface area contributed by atoms with Gasteiger partial charge in [0.1, 0.15) is 16.4 Å². The zero-order valence-corrected chi connectivity index (χ0v) is 10.6. The monoisotopic (exact) mass is 266 g/mol. The number of aryl methyl sites for hydroxylation is 2. The number of hydrogen-bond donors (Lipinski definition) is 2. The Morgan fingerprint density at radius 2 is 2.17 bits per heavy atom. The SMILES string of the molecule is Cc1ccc(F)cc1Nc1snc(C)c1C(=O)O. The summed E-state index contributed by atoms with van der Waals surface area (Å²) in [4.78, 5) is 11.1. The molecule has 0 bridgehead atoms. The first kappa shape index (κ1) is 12.5. The average Bonchev–Trinajstić information content (AvgIpc) is 2.65. The Kier molecular flexibility index (Phi) is 3.29. The lowest BCUT2D eigenvalue weighted by atomic mass is 10.2. The number of benzene rings is 1. The molecule has 2 rings (SSSR count). The highest BCUT2D eigenvalue weighted by Crippen LogP contribution is 2.29. The summed E-state index contributed by atoms with van der Waals surface area (Å²) >= 11 is 1.05. The maximum Gasteiger partial charge on any atom is 0.340 e. The van der Waals surface area contributed by atoms with E-state index >= 15 is 0 Å². The zero-order valence-electron chi connectivity index (χ0n) is 9.82. The van der Waals surface area contributed by atoms with Crippen LogP contribution >= 0.6 is 11.5 Å². The number of carboxylic acids is 1. The molecule has 0 saturated heterocycles. The van der Waals surface area contributed by atoms with Crippen LogP contribution in [0.4, 0.5) is 15.1 Å². The van der Waals surface area contributed by atoms with Gasteiger partial charge in [-0.05, 0) is 43.1 Å². The molecule has 0 aliphatic carbocycles. The van der Waals surface area contributed by atoms with Crippen molar-refractivity contribution in [1.29, 1.82) is 0 Å². The topological polar surface area (TPSA) is 62.2 Å². The quantitative estimate of drug-likeness (QED) is 0.894. The molecule has 0 aliphatic rings. The Labute approximate surface area is 107 Å². The number of aromatic nitrogens is 1. The number of hydrogen-bond acceptors (Lipinski definition) is 4. The first-order chi connectivity index (χ1) is 8.49. The first-order valence-corrected chi connectivity index (χ1v) is 5.99. The Bertz CT molecular complexity index is 610. The van der Waals surface area contributed by atoms with Crippen molar-refractivity contribution in [2.75, 3.05) is 5.32 Å². The van der Waals surface area contributed by atoms with Crippen LogP contribution in [0.25, 0.3) is 0 Å². The van der Waals surface area contributed by atoms with Crippen LogP contribution in [-0.4, -0.2) is 15.4 Å². The minimum absolute atomic E-state index is 0.128. The summed E-state index contributed by atoms with van der Waals surface area (Å²) in [5, 5.41) is 12.4. The normalized spacial score (nSPS) is 10.4. The second-order valence-corrected chi connectivity index (χ2v) is 4.63. The highest BCUT2D eigenvalue weighted by atomic mass is 32.1. The summed E-state index contributed by atoms with van der Waals surface area (Å²) in [5.41, 5.74) is 1.95. The molecule has 1 heterocycles. The van der Waals surface area contributed by atoms with E-state index in [1.807, 2.05) is 6.92 Å². The molecule has 0 spiro atoms. The van der Waals surface area contributed by atoms with Crippen molar-refractivity contribution >= 4 is 28.2 Å². The maximum absolute atomic E-state index is 13.1. The molecule has 1 aromatic heterocycles. The molecule has 18 heavy (non-hydrogen) atoms. The van der Waals surface area contributed by atoms with Gasteiger partial charge in [0.15, 0.2) is 0 Å². The van der Waals surface area contributed by atoms with Crippen LogP contribution in [0.15, 0.2) is 18.2 Å². The van der Waals surface area contributed by atoms with E-state index in [2.05, 4.69) is 9.69 Å². The fraction of sp³-hybridized carbons (Fsp3) is 0.167. The number of aromatic carboxylic acids is 1. The smallest absolute Gasteiger partial charge is 0.340 e. The predicted molar refractivity (Wildman–Crippen MR) is 68.2 cm³/mol. The summed E-state index contributed by atoms with van der Waals surface area (Å²) in [6.45, 7) is 3.44. The number of nitrogens with zero attached hydrogens (tertiary/aromatic N) is 1. The zero-order chi connectivity index (χ0) is 13.3. The van der Waals surface area contributed by atoms with Gasteiger partial charge in [0, 0.05) is 5.69 Å².